The highest BCUT2D eigenvalue weighted by Crippen LogP contribution is 2.38. The van der Waals surface area contributed by atoms with Gasteiger partial charge in [-0.1, -0.05) is 30.3 Å². The van der Waals surface area contributed by atoms with E-state index >= 15 is 0 Å². The van der Waals surface area contributed by atoms with E-state index in [4.69, 9.17) is 0 Å². The zero-order valence-electron chi connectivity index (χ0n) is 14.4. The summed E-state index contributed by atoms with van der Waals surface area (Å²) in [5, 5.41) is 5.64. The van der Waals surface area contributed by atoms with Crippen molar-refractivity contribution in [1.82, 2.24) is 20.2 Å². The lowest BCUT2D eigenvalue weighted by atomic mass is 9.85. The molecule has 2 aromatic rings. The van der Waals surface area contributed by atoms with Crippen molar-refractivity contribution in [2.75, 3.05) is 18.4 Å². The molecule has 3 heterocycles. The van der Waals surface area contributed by atoms with Gasteiger partial charge < -0.3 is 5.32 Å². The Kier molecular flexibility index (Phi) is 4.38. The molecule has 7 heteroatoms. The molecule has 2 amide bonds. The summed E-state index contributed by atoms with van der Waals surface area (Å²) in [7, 11) is 0. The molecule has 0 aliphatic carbocycles. The molecule has 0 unspecified atom stereocenters. The van der Waals surface area contributed by atoms with Crippen molar-refractivity contribution in [3.8, 4) is 0 Å². The van der Waals surface area contributed by atoms with Crippen LogP contribution in [0.5, 0.6) is 0 Å². The first-order chi connectivity index (χ1) is 12.6. The number of carbonyl (C=O) groups is 2. The minimum atomic E-state index is -0.533. The van der Waals surface area contributed by atoms with E-state index in [-0.39, 0.29) is 11.8 Å². The van der Waals surface area contributed by atoms with Crippen LogP contribution in [0, 0.1) is 5.41 Å². The molecule has 2 saturated heterocycles. The number of nitrogens with one attached hydrogen (secondary N) is 2. The fourth-order valence-electron chi connectivity index (χ4n) is 3.68. The predicted octanol–water partition coefficient (Wildman–Crippen LogP) is 1.33. The third kappa shape index (κ3) is 3.43. The highest BCUT2D eigenvalue weighted by atomic mass is 16.2. The minimum Gasteiger partial charge on any atom is -0.350 e. The lowest BCUT2D eigenvalue weighted by Crippen LogP contribution is -2.34. The van der Waals surface area contributed by atoms with Gasteiger partial charge in [-0.05, 0) is 18.5 Å². The molecule has 4 rings (SSSR count). The molecule has 2 fully saturated rings. The van der Waals surface area contributed by atoms with Crippen LogP contribution in [0.4, 0.5) is 5.95 Å². The molecular formula is C19H21N5O2. The maximum Gasteiger partial charge on any atom is 0.234 e. The fourth-order valence-corrected chi connectivity index (χ4v) is 3.68. The van der Waals surface area contributed by atoms with Crippen LogP contribution >= 0.6 is 0 Å². The number of imide groups is 1. The van der Waals surface area contributed by atoms with Gasteiger partial charge in [-0.15, -0.1) is 0 Å². The SMILES string of the molecule is O=C1C[C@]2(CCN(Cc3cnc(NCc4ccccc4)nc3)C2)C(=O)N1. The lowest BCUT2D eigenvalue weighted by molar-refractivity contribution is -0.128. The van der Waals surface area contributed by atoms with E-state index in [2.05, 4.69) is 37.6 Å². The Morgan fingerprint density at radius 3 is 2.58 bits per heavy atom. The molecule has 1 spiro atoms. The van der Waals surface area contributed by atoms with Gasteiger partial charge in [-0.2, -0.15) is 0 Å². The minimum absolute atomic E-state index is 0.123. The Balaban J connectivity index is 1.32. The van der Waals surface area contributed by atoms with E-state index in [0.717, 1.165) is 18.5 Å². The second-order valence-corrected chi connectivity index (χ2v) is 7.05. The van der Waals surface area contributed by atoms with Crippen molar-refractivity contribution in [3.05, 3.63) is 53.9 Å². The number of anilines is 1. The summed E-state index contributed by atoms with van der Waals surface area (Å²) in [5.74, 6) is 0.312. The first kappa shape index (κ1) is 16.7. The largest absolute Gasteiger partial charge is 0.350 e. The number of hydrogen-bond donors (Lipinski definition) is 2. The van der Waals surface area contributed by atoms with E-state index in [0.29, 0.717) is 32.0 Å². The number of amides is 2. The molecule has 1 aromatic heterocycles. The molecule has 1 atom stereocenters. The number of rotatable bonds is 5. The third-order valence-corrected chi connectivity index (χ3v) is 5.07. The van der Waals surface area contributed by atoms with Crippen molar-refractivity contribution >= 4 is 17.8 Å². The first-order valence-corrected chi connectivity index (χ1v) is 8.78. The van der Waals surface area contributed by atoms with Crippen molar-refractivity contribution < 1.29 is 9.59 Å². The van der Waals surface area contributed by atoms with Crippen molar-refractivity contribution in [2.24, 2.45) is 5.41 Å². The zero-order valence-corrected chi connectivity index (χ0v) is 14.4. The van der Waals surface area contributed by atoms with Crippen LogP contribution in [0.15, 0.2) is 42.7 Å². The summed E-state index contributed by atoms with van der Waals surface area (Å²) in [6.45, 7) is 2.77. The molecular weight excluding hydrogens is 330 g/mol. The van der Waals surface area contributed by atoms with Crippen molar-refractivity contribution in [3.63, 3.8) is 0 Å². The normalized spacial score (nSPS) is 22.8. The molecule has 7 nitrogen and oxygen atoms in total. The van der Waals surface area contributed by atoms with Gasteiger partial charge in [-0.3, -0.25) is 19.8 Å². The summed E-state index contributed by atoms with van der Waals surface area (Å²) in [5.41, 5.74) is 1.64. The predicted molar refractivity (Wildman–Crippen MR) is 95.9 cm³/mol. The molecule has 2 N–H and O–H groups in total. The van der Waals surface area contributed by atoms with E-state index in [1.807, 2.05) is 30.6 Å². The highest BCUT2D eigenvalue weighted by molar-refractivity contribution is 6.06. The molecule has 2 aliphatic heterocycles. The van der Waals surface area contributed by atoms with Gasteiger partial charge in [-0.25, -0.2) is 9.97 Å². The summed E-state index contributed by atoms with van der Waals surface area (Å²) >= 11 is 0. The second-order valence-electron chi connectivity index (χ2n) is 7.05. The molecule has 134 valence electrons. The Hall–Kier alpha value is -2.80. The summed E-state index contributed by atoms with van der Waals surface area (Å²) < 4.78 is 0. The van der Waals surface area contributed by atoms with E-state index in [1.54, 1.807) is 0 Å². The highest BCUT2D eigenvalue weighted by Gasteiger charge is 2.50. The van der Waals surface area contributed by atoms with Crippen LogP contribution in [0.2, 0.25) is 0 Å². The standard InChI is InChI=1S/C19H21N5O2/c25-16-8-19(17(26)23-16)6-7-24(13-19)12-15-10-21-18(22-11-15)20-9-14-4-2-1-3-5-14/h1-5,10-11H,6-9,12-13H2,(H,20,21,22)(H,23,25,26)/t19-/m0/s1. The number of benzene rings is 1. The first-order valence-electron chi connectivity index (χ1n) is 8.78. The van der Waals surface area contributed by atoms with E-state index < -0.39 is 5.41 Å². The van der Waals surface area contributed by atoms with E-state index in [9.17, 15) is 9.59 Å². The van der Waals surface area contributed by atoms with Gasteiger partial charge in [0.1, 0.15) is 0 Å². The summed E-state index contributed by atoms with van der Waals surface area (Å²) in [6, 6.07) is 10.1. The molecule has 26 heavy (non-hydrogen) atoms. The van der Waals surface area contributed by atoms with Gasteiger partial charge in [0.15, 0.2) is 0 Å². The fraction of sp³-hybridized carbons (Fsp3) is 0.368. The Morgan fingerprint density at radius 2 is 1.88 bits per heavy atom. The molecule has 2 aliphatic rings. The van der Waals surface area contributed by atoms with Crippen LogP contribution < -0.4 is 10.6 Å². The van der Waals surface area contributed by atoms with Crippen molar-refractivity contribution in [1.29, 1.82) is 0 Å². The van der Waals surface area contributed by atoms with Crippen LogP contribution in [0.1, 0.15) is 24.0 Å². The van der Waals surface area contributed by atoms with Gasteiger partial charge in [0, 0.05) is 44.0 Å². The van der Waals surface area contributed by atoms with Crippen LogP contribution in [-0.4, -0.2) is 39.8 Å². The number of likely N-dealkylation sites (tertiary alicyclic amines) is 1. The average molecular weight is 351 g/mol. The Bertz CT molecular complexity index is 808. The van der Waals surface area contributed by atoms with Gasteiger partial charge >= 0.3 is 0 Å². The second kappa shape index (κ2) is 6.84. The number of aromatic nitrogens is 2. The zero-order chi connectivity index (χ0) is 18.0. The maximum absolute atomic E-state index is 12.0. The van der Waals surface area contributed by atoms with Gasteiger partial charge in [0.25, 0.3) is 0 Å². The van der Waals surface area contributed by atoms with Crippen molar-refractivity contribution in [2.45, 2.75) is 25.9 Å². The quantitative estimate of drug-likeness (QED) is 0.790. The Morgan fingerprint density at radius 1 is 1.12 bits per heavy atom. The van der Waals surface area contributed by atoms with Crippen LogP contribution in [-0.2, 0) is 22.7 Å². The number of nitrogens with zero attached hydrogens (tertiary/aromatic N) is 3. The van der Waals surface area contributed by atoms with Crippen LogP contribution in [0.3, 0.4) is 0 Å². The summed E-state index contributed by atoms with van der Waals surface area (Å²) in [6.07, 6.45) is 4.65. The molecule has 0 radical (unpaired) electrons. The van der Waals surface area contributed by atoms with Crippen LogP contribution in [0.25, 0.3) is 0 Å². The van der Waals surface area contributed by atoms with Gasteiger partial charge in [0.05, 0.1) is 5.41 Å². The molecule has 1 aromatic carbocycles. The monoisotopic (exact) mass is 351 g/mol. The maximum atomic E-state index is 12.0. The lowest BCUT2D eigenvalue weighted by Gasteiger charge is -2.20. The van der Waals surface area contributed by atoms with Gasteiger partial charge in [0.2, 0.25) is 17.8 Å². The molecule has 0 bridgehead atoms. The topological polar surface area (TPSA) is 87.2 Å². The number of hydrogen-bond acceptors (Lipinski definition) is 6. The number of carbonyl (C=O) groups excluding carboxylic acids is 2. The third-order valence-electron chi connectivity index (χ3n) is 5.07. The van der Waals surface area contributed by atoms with E-state index in [1.165, 1.54) is 5.56 Å². The smallest absolute Gasteiger partial charge is 0.234 e. The summed E-state index contributed by atoms with van der Waals surface area (Å²) in [4.78, 5) is 34.5. The average Bonchev–Trinajstić information content (AvgIpc) is 3.17. The molecule has 0 saturated carbocycles. The Labute approximate surface area is 151 Å².